The summed E-state index contributed by atoms with van der Waals surface area (Å²) in [6.07, 6.45) is 3.78. The number of likely N-dealkylation sites (tertiary alicyclic amines) is 1. The van der Waals surface area contributed by atoms with E-state index in [1.54, 1.807) is 20.8 Å². The van der Waals surface area contributed by atoms with Crippen molar-refractivity contribution in [3.63, 3.8) is 0 Å². The van der Waals surface area contributed by atoms with Crippen LogP contribution in [0.1, 0.15) is 52.0 Å². The molecular formula is C26H35N3O7. The molecule has 0 aromatic heterocycles. The molecule has 2 heterocycles. The summed E-state index contributed by atoms with van der Waals surface area (Å²) in [5.74, 6) is -1.93. The molecule has 2 fully saturated rings. The van der Waals surface area contributed by atoms with Crippen LogP contribution in [-0.2, 0) is 30.6 Å². The Labute approximate surface area is 211 Å². The quantitative estimate of drug-likeness (QED) is 0.451. The van der Waals surface area contributed by atoms with E-state index in [1.165, 1.54) is 4.90 Å². The molecule has 2 aliphatic heterocycles. The highest BCUT2D eigenvalue weighted by atomic mass is 16.7. The van der Waals surface area contributed by atoms with Crippen LogP contribution in [0.5, 0.6) is 0 Å². The number of aliphatic hydroxyl groups excluding tert-OH is 1. The van der Waals surface area contributed by atoms with Gasteiger partial charge in [-0.25, -0.2) is 9.59 Å². The van der Waals surface area contributed by atoms with Gasteiger partial charge in [0.15, 0.2) is 6.23 Å². The Bertz CT molecular complexity index is 977. The van der Waals surface area contributed by atoms with Crippen LogP contribution < -0.4 is 5.48 Å². The molecule has 2 amide bonds. The number of carbonyl (C=O) groups excluding carboxylic acids is 3. The second-order valence-electron chi connectivity index (χ2n) is 10.5. The topological polar surface area (TPSA) is 118 Å². The minimum Gasteiger partial charge on any atom is -0.444 e. The first-order valence-corrected chi connectivity index (χ1v) is 12.4. The molecule has 1 aliphatic carbocycles. The van der Waals surface area contributed by atoms with Crippen molar-refractivity contribution >= 4 is 18.0 Å². The molecule has 3 aliphatic rings. The average molecular weight is 502 g/mol. The number of benzene rings is 1. The number of nitrogens with zero attached hydrogens (tertiary/aromatic N) is 2. The van der Waals surface area contributed by atoms with Crippen LogP contribution in [0, 0.1) is 11.8 Å². The number of hydroxylamine groups is 3. The first-order chi connectivity index (χ1) is 17.1. The predicted octanol–water partition coefficient (Wildman–Crippen LogP) is 2.68. The highest BCUT2D eigenvalue weighted by molar-refractivity contribution is 5.86. The van der Waals surface area contributed by atoms with Crippen molar-refractivity contribution in [3.05, 3.63) is 48.0 Å². The molecule has 10 heteroatoms. The smallest absolute Gasteiger partial charge is 0.411 e. The highest BCUT2D eigenvalue weighted by Gasteiger charge is 2.50. The summed E-state index contributed by atoms with van der Waals surface area (Å²) in [5, 5.41) is 11.4. The normalized spacial score (nSPS) is 28.1. The standard InChI is InChI=1S/C26H35N3O7/c1-26(2,3)35-25(33)28-15-18(27-34-16-17-9-5-4-6-10-17)13-14-21(28)24(32)36-29-22(30)19-11-7-8-12-20(19)23(29)31/h4-10,18-22,27,30H,11-16H2,1-3H3/t18-,19?,20?,21+,22?/m1/s1. The third-order valence-electron chi connectivity index (χ3n) is 6.64. The molecule has 2 saturated heterocycles. The fraction of sp³-hybridized carbons (Fsp3) is 0.577. The average Bonchev–Trinajstić information content (AvgIpc) is 3.08. The number of aliphatic hydroxyl groups is 1. The lowest BCUT2D eigenvalue weighted by Gasteiger charge is -2.39. The lowest BCUT2D eigenvalue weighted by Crippen LogP contribution is -2.57. The van der Waals surface area contributed by atoms with Crippen LogP contribution in [-0.4, -0.2) is 63.5 Å². The van der Waals surface area contributed by atoms with E-state index in [9.17, 15) is 19.5 Å². The lowest BCUT2D eigenvalue weighted by molar-refractivity contribution is -0.229. The van der Waals surface area contributed by atoms with Gasteiger partial charge in [0.2, 0.25) is 0 Å². The lowest BCUT2D eigenvalue weighted by atomic mass is 9.85. The molecule has 2 N–H and O–H groups in total. The minimum absolute atomic E-state index is 0.148. The van der Waals surface area contributed by atoms with E-state index < -0.39 is 41.8 Å². The summed E-state index contributed by atoms with van der Waals surface area (Å²) in [6, 6.07) is 8.46. The van der Waals surface area contributed by atoms with Gasteiger partial charge in [-0.15, -0.1) is 5.06 Å². The Hall–Kier alpha value is -2.95. The second kappa shape index (κ2) is 11.0. The van der Waals surface area contributed by atoms with Crippen molar-refractivity contribution in [2.24, 2.45) is 11.8 Å². The summed E-state index contributed by atoms with van der Waals surface area (Å²) in [6.45, 7) is 5.73. The SMILES string of the molecule is CC(C)(C)OC(=O)N1C[C@H](NOCc2ccccc2)CC[C@H]1C(=O)ON1C(=O)C2CC=CCC2C1O. The van der Waals surface area contributed by atoms with E-state index in [0.717, 1.165) is 10.6 Å². The molecule has 0 saturated carbocycles. The van der Waals surface area contributed by atoms with E-state index in [1.807, 2.05) is 42.5 Å². The Morgan fingerprint density at radius 2 is 1.83 bits per heavy atom. The Kier molecular flexibility index (Phi) is 7.97. The van der Waals surface area contributed by atoms with Crippen LogP contribution in [0.25, 0.3) is 0 Å². The number of fused-ring (bicyclic) bond motifs is 1. The van der Waals surface area contributed by atoms with E-state index >= 15 is 0 Å². The molecule has 4 rings (SSSR count). The molecule has 0 bridgehead atoms. The maximum atomic E-state index is 13.2. The number of rotatable bonds is 6. The van der Waals surface area contributed by atoms with E-state index in [4.69, 9.17) is 14.4 Å². The maximum absolute atomic E-state index is 13.2. The van der Waals surface area contributed by atoms with Crippen molar-refractivity contribution in [2.75, 3.05) is 6.54 Å². The van der Waals surface area contributed by atoms with Crippen molar-refractivity contribution in [2.45, 2.75) is 77.0 Å². The van der Waals surface area contributed by atoms with Gasteiger partial charge < -0.3 is 14.7 Å². The van der Waals surface area contributed by atoms with Gasteiger partial charge in [-0.05, 0) is 52.0 Å². The fourth-order valence-electron chi connectivity index (χ4n) is 4.82. The number of allylic oxidation sites excluding steroid dienone is 2. The van der Waals surface area contributed by atoms with Gasteiger partial charge in [-0.2, -0.15) is 5.48 Å². The first-order valence-electron chi connectivity index (χ1n) is 12.4. The Balaban J connectivity index is 1.40. The van der Waals surface area contributed by atoms with Gasteiger partial charge in [0.05, 0.1) is 18.6 Å². The minimum atomic E-state index is -1.21. The molecule has 10 nitrogen and oxygen atoms in total. The van der Waals surface area contributed by atoms with Crippen LogP contribution in [0.15, 0.2) is 42.5 Å². The van der Waals surface area contributed by atoms with E-state index in [2.05, 4.69) is 5.48 Å². The number of hydrogen-bond donors (Lipinski definition) is 2. The zero-order valence-electron chi connectivity index (χ0n) is 21.0. The number of hydrogen-bond acceptors (Lipinski definition) is 8. The maximum Gasteiger partial charge on any atom is 0.411 e. The summed E-state index contributed by atoms with van der Waals surface area (Å²) in [7, 11) is 0. The molecule has 1 aromatic carbocycles. The van der Waals surface area contributed by atoms with Crippen molar-refractivity contribution in [1.29, 1.82) is 0 Å². The van der Waals surface area contributed by atoms with Gasteiger partial charge >= 0.3 is 12.1 Å². The van der Waals surface area contributed by atoms with Crippen LogP contribution in [0.3, 0.4) is 0 Å². The van der Waals surface area contributed by atoms with Crippen molar-refractivity contribution in [3.8, 4) is 0 Å². The summed E-state index contributed by atoms with van der Waals surface area (Å²) in [5.41, 5.74) is 3.22. The molecule has 1 aromatic rings. The number of carbonyl (C=O) groups is 3. The van der Waals surface area contributed by atoms with Crippen LogP contribution >= 0.6 is 0 Å². The predicted molar refractivity (Wildman–Crippen MR) is 128 cm³/mol. The number of ether oxygens (including phenoxy) is 1. The van der Waals surface area contributed by atoms with E-state index in [-0.39, 0.29) is 24.9 Å². The molecule has 0 radical (unpaired) electrons. The van der Waals surface area contributed by atoms with Gasteiger partial charge in [0.1, 0.15) is 11.6 Å². The number of nitrogens with one attached hydrogen (secondary N) is 1. The van der Waals surface area contributed by atoms with Gasteiger partial charge in [-0.3, -0.25) is 14.5 Å². The fourth-order valence-corrected chi connectivity index (χ4v) is 4.82. The Morgan fingerprint density at radius 1 is 1.11 bits per heavy atom. The van der Waals surface area contributed by atoms with Gasteiger partial charge in [-0.1, -0.05) is 42.5 Å². The zero-order chi connectivity index (χ0) is 25.9. The molecule has 36 heavy (non-hydrogen) atoms. The molecule has 196 valence electrons. The largest absolute Gasteiger partial charge is 0.444 e. The summed E-state index contributed by atoms with van der Waals surface area (Å²) in [4.78, 5) is 51.4. The summed E-state index contributed by atoms with van der Waals surface area (Å²) >= 11 is 0. The second-order valence-corrected chi connectivity index (χ2v) is 10.5. The molecule has 0 spiro atoms. The number of piperidine rings is 1. The number of amides is 2. The highest BCUT2D eigenvalue weighted by Crippen LogP contribution is 2.38. The molecule has 5 atom stereocenters. The first kappa shape index (κ1) is 26.1. The molecule has 3 unspecified atom stereocenters. The van der Waals surface area contributed by atoms with Crippen molar-refractivity contribution in [1.82, 2.24) is 15.4 Å². The van der Waals surface area contributed by atoms with Crippen LogP contribution in [0.2, 0.25) is 0 Å². The Morgan fingerprint density at radius 3 is 2.53 bits per heavy atom. The molecular weight excluding hydrogens is 466 g/mol. The van der Waals surface area contributed by atoms with Crippen LogP contribution in [0.4, 0.5) is 4.79 Å². The van der Waals surface area contributed by atoms with E-state index in [0.29, 0.717) is 25.9 Å². The third-order valence-corrected chi connectivity index (χ3v) is 6.64. The van der Waals surface area contributed by atoms with Gasteiger partial charge in [0, 0.05) is 12.5 Å². The van der Waals surface area contributed by atoms with Crippen molar-refractivity contribution < 1.29 is 33.9 Å². The summed E-state index contributed by atoms with van der Waals surface area (Å²) < 4.78 is 5.54. The monoisotopic (exact) mass is 501 g/mol. The van der Waals surface area contributed by atoms with Gasteiger partial charge in [0.25, 0.3) is 5.91 Å². The zero-order valence-corrected chi connectivity index (χ0v) is 21.0. The third kappa shape index (κ3) is 6.05.